The Balaban J connectivity index is 1.79. The molecular weight excluding hydrogens is 302 g/mol. The summed E-state index contributed by atoms with van der Waals surface area (Å²) in [7, 11) is 0. The predicted octanol–water partition coefficient (Wildman–Crippen LogP) is 2.03. The Labute approximate surface area is 133 Å². The van der Waals surface area contributed by atoms with E-state index in [2.05, 4.69) is 22.0 Å². The maximum Gasteiger partial charge on any atom is 0.329 e. The molecule has 1 fully saturated rings. The van der Waals surface area contributed by atoms with Crippen molar-refractivity contribution in [1.29, 1.82) is 0 Å². The van der Waals surface area contributed by atoms with Gasteiger partial charge in [0.25, 0.3) is 5.56 Å². The Morgan fingerprint density at radius 2 is 2.00 bits per heavy atom. The normalized spacial score (nSPS) is 19.2. The first-order chi connectivity index (χ1) is 10.6. The number of nitrogens with one attached hydrogen (secondary N) is 1. The fourth-order valence-electron chi connectivity index (χ4n) is 3.05. The van der Waals surface area contributed by atoms with Crippen molar-refractivity contribution in [2.45, 2.75) is 25.4 Å². The van der Waals surface area contributed by atoms with E-state index in [4.69, 9.17) is 11.6 Å². The van der Waals surface area contributed by atoms with Gasteiger partial charge in [-0.05, 0) is 24.9 Å². The highest BCUT2D eigenvalue weighted by atomic mass is 35.5. The van der Waals surface area contributed by atoms with Crippen LogP contribution in [0.5, 0.6) is 0 Å². The summed E-state index contributed by atoms with van der Waals surface area (Å²) in [5.41, 5.74) is 0.477. The third-order valence-electron chi connectivity index (χ3n) is 4.03. The van der Waals surface area contributed by atoms with E-state index in [-0.39, 0.29) is 16.8 Å². The van der Waals surface area contributed by atoms with Crippen LogP contribution in [0, 0.1) is 0 Å². The van der Waals surface area contributed by atoms with E-state index in [1.165, 1.54) is 16.2 Å². The van der Waals surface area contributed by atoms with Crippen LogP contribution in [0.15, 0.2) is 46.0 Å². The maximum absolute atomic E-state index is 12.1. The average Bonchev–Trinajstić information content (AvgIpc) is 2.47. The van der Waals surface area contributed by atoms with Crippen molar-refractivity contribution in [2.24, 2.45) is 0 Å². The van der Waals surface area contributed by atoms with Crippen molar-refractivity contribution < 1.29 is 0 Å². The lowest BCUT2D eigenvalue weighted by molar-refractivity contribution is 0.165. The molecule has 1 unspecified atom stereocenters. The summed E-state index contributed by atoms with van der Waals surface area (Å²) in [4.78, 5) is 28.9. The van der Waals surface area contributed by atoms with Crippen LogP contribution in [0.3, 0.4) is 0 Å². The van der Waals surface area contributed by atoms with E-state index in [0.29, 0.717) is 6.54 Å². The zero-order chi connectivity index (χ0) is 15.5. The molecule has 0 radical (unpaired) electrons. The lowest BCUT2D eigenvalue weighted by Crippen LogP contribution is -2.45. The highest BCUT2D eigenvalue weighted by Gasteiger charge is 2.23. The fourth-order valence-corrected chi connectivity index (χ4v) is 3.22. The number of piperidine rings is 1. The second-order valence-electron chi connectivity index (χ2n) is 5.65. The molecule has 5 nitrogen and oxygen atoms in total. The molecular formula is C16H18ClN3O2. The number of nitrogens with zero attached hydrogens (tertiary/aromatic N) is 2. The van der Waals surface area contributed by atoms with Crippen molar-refractivity contribution in [2.75, 3.05) is 13.1 Å². The van der Waals surface area contributed by atoms with Gasteiger partial charge in [0.15, 0.2) is 0 Å². The number of likely N-dealkylation sites (tertiary alicyclic amines) is 1. The van der Waals surface area contributed by atoms with Crippen LogP contribution in [-0.2, 0) is 6.54 Å². The Morgan fingerprint density at radius 3 is 2.73 bits per heavy atom. The Kier molecular flexibility index (Phi) is 4.45. The van der Waals surface area contributed by atoms with E-state index >= 15 is 0 Å². The summed E-state index contributed by atoms with van der Waals surface area (Å²) in [6.45, 7) is 2.50. The largest absolute Gasteiger partial charge is 0.329 e. The fraction of sp³-hybridized carbons (Fsp3) is 0.375. The molecule has 2 heterocycles. The van der Waals surface area contributed by atoms with Crippen LogP contribution in [0.4, 0.5) is 0 Å². The number of hydrogen-bond acceptors (Lipinski definition) is 3. The topological polar surface area (TPSA) is 58.1 Å². The monoisotopic (exact) mass is 319 g/mol. The zero-order valence-corrected chi connectivity index (χ0v) is 12.9. The number of benzene rings is 1. The molecule has 2 aromatic rings. The summed E-state index contributed by atoms with van der Waals surface area (Å²) < 4.78 is 1.29. The van der Waals surface area contributed by atoms with E-state index in [1.807, 2.05) is 18.2 Å². The van der Waals surface area contributed by atoms with E-state index in [0.717, 1.165) is 25.9 Å². The van der Waals surface area contributed by atoms with Gasteiger partial charge in [-0.25, -0.2) is 4.79 Å². The third-order valence-corrected chi connectivity index (χ3v) is 4.23. The molecule has 0 amide bonds. The van der Waals surface area contributed by atoms with Gasteiger partial charge in [0.2, 0.25) is 0 Å². The van der Waals surface area contributed by atoms with Gasteiger partial charge >= 0.3 is 5.69 Å². The lowest BCUT2D eigenvalue weighted by atomic mass is 10.0. The Hall–Kier alpha value is -1.85. The number of aromatic amines is 1. The molecule has 116 valence electrons. The van der Waals surface area contributed by atoms with Crippen molar-refractivity contribution >= 4 is 11.6 Å². The van der Waals surface area contributed by atoms with E-state index in [9.17, 15) is 9.59 Å². The number of aromatic nitrogens is 2. The summed E-state index contributed by atoms with van der Waals surface area (Å²) in [5, 5.41) is 0.0863. The number of halogens is 1. The van der Waals surface area contributed by atoms with Gasteiger partial charge in [-0.3, -0.25) is 19.2 Å². The molecule has 1 aliphatic heterocycles. The van der Waals surface area contributed by atoms with Crippen LogP contribution in [0.1, 0.15) is 24.4 Å². The SMILES string of the molecule is O=c1cc(Cl)[nH]c(=O)n1C1CCCN(Cc2ccccc2)C1. The van der Waals surface area contributed by atoms with Gasteiger partial charge in [-0.2, -0.15) is 0 Å². The minimum atomic E-state index is -0.427. The number of hydrogen-bond donors (Lipinski definition) is 1. The smallest absolute Gasteiger partial charge is 0.298 e. The Bertz CT molecular complexity index is 723. The van der Waals surface area contributed by atoms with Crippen molar-refractivity contribution in [1.82, 2.24) is 14.5 Å². The summed E-state index contributed by atoms with van der Waals surface area (Å²) >= 11 is 5.72. The third kappa shape index (κ3) is 3.31. The molecule has 1 aromatic carbocycles. The van der Waals surface area contributed by atoms with Crippen LogP contribution in [0.25, 0.3) is 0 Å². The van der Waals surface area contributed by atoms with Gasteiger partial charge < -0.3 is 0 Å². The van der Waals surface area contributed by atoms with Crippen molar-refractivity contribution in [3.05, 3.63) is 68.0 Å². The molecule has 1 N–H and O–H groups in total. The van der Waals surface area contributed by atoms with Crippen LogP contribution >= 0.6 is 11.6 Å². The first-order valence-electron chi connectivity index (χ1n) is 7.41. The molecule has 0 spiro atoms. The second-order valence-corrected chi connectivity index (χ2v) is 6.05. The first-order valence-corrected chi connectivity index (χ1v) is 7.79. The van der Waals surface area contributed by atoms with Crippen LogP contribution in [-0.4, -0.2) is 27.5 Å². The van der Waals surface area contributed by atoms with Gasteiger partial charge in [-0.1, -0.05) is 41.9 Å². The highest BCUT2D eigenvalue weighted by molar-refractivity contribution is 6.29. The second kappa shape index (κ2) is 6.50. The summed E-state index contributed by atoms with van der Waals surface area (Å²) in [6, 6.07) is 11.4. The molecule has 1 saturated heterocycles. The van der Waals surface area contributed by atoms with Gasteiger partial charge in [-0.15, -0.1) is 0 Å². The minimum Gasteiger partial charge on any atom is -0.298 e. The average molecular weight is 320 g/mol. The van der Waals surface area contributed by atoms with Crippen molar-refractivity contribution in [3.8, 4) is 0 Å². The van der Waals surface area contributed by atoms with Gasteiger partial charge in [0.1, 0.15) is 5.15 Å². The standard InChI is InChI=1S/C16H18ClN3O2/c17-14-9-15(21)20(16(22)18-14)13-7-4-8-19(11-13)10-12-5-2-1-3-6-12/h1-3,5-6,9,13H,4,7-8,10-11H2,(H,18,22). The van der Waals surface area contributed by atoms with E-state index < -0.39 is 5.69 Å². The minimum absolute atomic E-state index is 0.0863. The lowest BCUT2D eigenvalue weighted by Gasteiger charge is -2.33. The molecule has 1 atom stereocenters. The number of H-pyrrole nitrogens is 1. The molecule has 0 bridgehead atoms. The summed E-state index contributed by atoms with van der Waals surface area (Å²) in [5.74, 6) is 0. The van der Waals surface area contributed by atoms with Crippen molar-refractivity contribution in [3.63, 3.8) is 0 Å². The molecule has 22 heavy (non-hydrogen) atoms. The molecule has 0 saturated carbocycles. The molecule has 1 aromatic heterocycles. The van der Waals surface area contributed by atoms with Crippen LogP contribution < -0.4 is 11.2 Å². The number of rotatable bonds is 3. The van der Waals surface area contributed by atoms with Gasteiger partial charge in [0.05, 0.1) is 6.04 Å². The Morgan fingerprint density at radius 1 is 1.23 bits per heavy atom. The maximum atomic E-state index is 12.1. The van der Waals surface area contributed by atoms with Crippen LogP contribution in [0.2, 0.25) is 5.15 Å². The predicted molar refractivity (Wildman–Crippen MR) is 86.3 cm³/mol. The summed E-state index contributed by atoms with van der Waals surface area (Å²) in [6.07, 6.45) is 1.79. The molecule has 3 rings (SSSR count). The quantitative estimate of drug-likeness (QED) is 0.881. The first kappa shape index (κ1) is 15.1. The van der Waals surface area contributed by atoms with Gasteiger partial charge in [0, 0.05) is 19.2 Å². The molecule has 1 aliphatic rings. The zero-order valence-electron chi connectivity index (χ0n) is 12.2. The molecule has 6 heteroatoms. The van der Waals surface area contributed by atoms with E-state index in [1.54, 1.807) is 0 Å². The molecule has 0 aliphatic carbocycles. The highest BCUT2D eigenvalue weighted by Crippen LogP contribution is 2.20.